The van der Waals surface area contributed by atoms with E-state index in [1.54, 1.807) is 0 Å². The number of rotatable bonds is 2. The van der Waals surface area contributed by atoms with Crippen LogP contribution < -0.4 is 4.74 Å². The quantitative estimate of drug-likeness (QED) is 0.678. The topological polar surface area (TPSA) is 35.0 Å². The van der Waals surface area contributed by atoms with E-state index in [-0.39, 0.29) is 0 Å². The highest BCUT2D eigenvalue weighted by Crippen LogP contribution is 2.37. The molecule has 0 amide bonds. The molecule has 0 atom stereocenters. The van der Waals surface area contributed by atoms with Crippen LogP contribution in [0.2, 0.25) is 20.2 Å². The molecule has 0 saturated carbocycles. The summed E-state index contributed by atoms with van der Waals surface area (Å²) < 4.78 is 5.60. The van der Waals surface area contributed by atoms with Crippen LogP contribution >= 0.6 is 46.4 Å². The second kappa shape index (κ2) is 5.71. The number of hydrogen-bond donors (Lipinski definition) is 0. The number of hydrogen-bond acceptors (Lipinski definition) is 3. The predicted octanol–water partition coefficient (Wildman–Crippen LogP) is 5.50. The van der Waals surface area contributed by atoms with Crippen LogP contribution in [0.25, 0.3) is 0 Å². The molecule has 0 aliphatic rings. The van der Waals surface area contributed by atoms with Gasteiger partial charge >= 0.3 is 0 Å². The molecule has 0 N–H and O–H groups in total. The molecule has 3 nitrogen and oxygen atoms in total. The van der Waals surface area contributed by atoms with Crippen molar-refractivity contribution in [1.29, 1.82) is 0 Å². The van der Waals surface area contributed by atoms with Crippen molar-refractivity contribution in [2.75, 3.05) is 0 Å². The second-order valence-electron chi connectivity index (χ2n) is 3.84. The standard InChI is InChI=1S/C12H8Cl4N2O/c1-5-6(2)12(18-17-11(5)16)19-10-4-8(14)7(13)3-9(10)15/h3-4H,1-2H3. The van der Waals surface area contributed by atoms with Gasteiger partial charge in [-0.15, -0.1) is 10.2 Å². The van der Waals surface area contributed by atoms with Gasteiger partial charge in [0.15, 0.2) is 5.15 Å². The van der Waals surface area contributed by atoms with Crippen molar-refractivity contribution in [3.05, 3.63) is 43.5 Å². The van der Waals surface area contributed by atoms with Gasteiger partial charge in [-0.05, 0) is 25.5 Å². The molecule has 1 aromatic carbocycles. The van der Waals surface area contributed by atoms with Gasteiger partial charge < -0.3 is 4.74 Å². The zero-order valence-electron chi connectivity index (χ0n) is 9.97. The summed E-state index contributed by atoms with van der Waals surface area (Å²) in [6, 6.07) is 3.03. The van der Waals surface area contributed by atoms with Gasteiger partial charge in [-0.25, -0.2) is 0 Å². The molecule has 0 fully saturated rings. The van der Waals surface area contributed by atoms with E-state index in [4.69, 9.17) is 51.1 Å². The van der Waals surface area contributed by atoms with Crippen LogP contribution in [0, 0.1) is 13.8 Å². The number of aromatic nitrogens is 2. The Labute approximate surface area is 130 Å². The lowest BCUT2D eigenvalue weighted by molar-refractivity contribution is 0.450. The van der Waals surface area contributed by atoms with Gasteiger partial charge in [0.1, 0.15) is 5.75 Å². The van der Waals surface area contributed by atoms with Gasteiger partial charge in [-0.3, -0.25) is 0 Å². The number of benzene rings is 1. The zero-order valence-corrected chi connectivity index (χ0v) is 13.0. The van der Waals surface area contributed by atoms with Crippen molar-refractivity contribution in [3.8, 4) is 11.6 Å². The molecule has 1 aromatic heterocycles. The van der Waals surface area contributed by atoms with Crippen LogP contribution in [0.4, 0.5) is 0 Å². The fraction of sp³-hybridized carbons (Fsp3) is 0.167. The largest absolute Gasteiger partial charge is 0.436 e. The maximum atomic E-state index is 6.03. The van der Waals surface area contributed by atoms with Crippen molar-refractivity contribution >= 4 is 46.4 Å². The molecule has 7 heteroatoms. The predicted molar refractivity (Wildman–Crippen MR) is 78.1 cm³/mol. The van der Waals surface area contributed by atoms with Crippen molar-refractivity contribution < 1.29 is 4.74 Å². The summed E-state index contributed by atoms with van der Waals surface area (Å²) in [6.45, 7) is 3.66. The maximum absolute atomic E-state index is 6.03. The minimum atomic E-state index is 0.321. The smallest absolute Gasteiger partial charge is 0.242 e. The van der Waals surface area contributed by atoms with E-state index in [9.17, 15) is 0 Å². The minimum Gasteiger partial charge on any atom is -0.436 e. The Morgan fingerprint density at radius 2 is 1.47 bits per heavy atom. The van der Waals surface area contributed by atoms with Crippen LogP contribution in [0.5, 0.6) is 11.6 Å². The molecule has 0 saturated heterocycles. The second-order valence-corrected chi connectivity index (χ2v) is 5.42. The molecule has 0 aliphatic heterocycles. The molecule has 2 rings (SSSR count). The summed E-state index contributed by atoms with van der Waals surface area (Å²) in [5.41, 5.74) is 1.57. The van der Waals surface area contributed by atoms with Crippen LogP contribution in [0.15, 0.2) is 12.1 Å². The highest BCUT2D eigenvalue weighted by molar-refractivity contribution is 6.43. The van der Waals surface area contributed by atoms with Gasteiger partial charge in [-0.1, -0.05) is 46.4 Å². The van der Waals surface area contributed by atoms with Gasteiger partial charge in [-0.2, -0.15) is 0 Å². The monoisotopic (exact) mass is 336 g/mol. The molecule has 0 spiro atoms. The highest BCUT2D eigenvalue weighted by atomic mass is 35.5. The Balaban J connectivity index is 2.42. The molecule has 0 aliphatic carbocycles. The first-order valence-corrected chi connectivity index (χ1v) is 6.73. The van der Waals surface area contributed by atoms with Crippen LogP contribution in [0.3, 0.4) is 0 Å². The Morgan fingerprint density at radius 3 is 2.16 bits per heavy atom. The third-order valence-corrected chi connectivity index (χ3v) is 3.98. The van der Waals surface area contributed by atoms with E-state index in [1.807, 2.05) is 13.8 Å². The average molecular weight is 338 g/mol. The van der Waals surface area contributed by atoms with E-state index < -0.39 is 0 Å². The van der Waals surface area contributed by atoms with E-state index in [1.165, 1.54) is 12.1 Å². The lowest BCUT2D eigenvalue weighted by Gasteiger charge is -2.11. The lowest BCUT2D eigenvalue weighted by Crippen LogP contribution is -1.98. The average Bonchev–Trinajstić information content (AvgIpc) is 2.36. The number of halogens is 4. The highest BCUT2D eigenvalue weighted by Gasteiger charge is 2.13. The molecule has 19 heavy (non-hydrogen) atoms. The van der Waals surface area contributed by atoms with Crippen LogP contribution in [-0.4, -0.2) is 10.2 Å². The maximum Gasteiger partial charge on any atom is 0.242 e. The van der Waals surface area contributed by atoms with E-state index in [0.717, 1.165) is 11.1 Å². The molecule has 2 aromatic rings. The summed E-state index contributed by atoms with van der Waals surface area (Å²) in [6.07, 6.45) is 0. The first kappa shape index (κ1) is 14.7. The summed E-state index contributed by atoms with van der Waals surface area (Å²) in [5, 5.41) is 9.06. The Hall–Kier alpha value is -0.740. The fourth-order valence-electron chi connectivity index (χ4n) is 1.34. The minimum absolute atomic E-state index is 0.321. The summed E-state index contributed by atoms with van der Waals surface area (Å²) in [5.74, 6) is 0.678. The third kappa shape index (κ3) is 3.06. The zero-order chi connectivity index (χ0) is 14.2. The third-order valence-electron chi connectivity index (χ3n) is 2.60. The number of nitrogens with zero attached hydrogens (tertiary/aromatic N) is 2. The van der Waals surface area contributed by atoms with E-state index >= 15 is 0 Å². The van der Waals surface area contributed by atoms with E-state index in [0.29, 0.717) is 31.9 Å². The molecule has 0 bridgehead atoms. The first-order chi connectivity index (χ1) is 8.90. The van der Waals surface area contributed by atoms with Crippen molar-refractivity contribution in [1.82, 2.24) is 10.2 Å². The molecule has 0 radical (unpaired) electrons. The first-order valence-electron chi connectivity index (χ1n) is 5.22. The molecule has 0 unspecified atom stereocenters. The van der Waals surface area contributed by atoms with Crippen LogP contribution in [0.1, 0.15) is 11.1 Å². The van der Waals surface area contributed by atoms with E-state index in [2.05, 4.69) is 10.2 Å². The van der Waals surface area contributed by atoms with Crippen molar-refractivity contribution in [2.24, 2.45) is 0 Å². The van der Waals surface area contributed by atoms with Crippen molar-refractivity contribution in [3.63, 3.8) is 0 Å². The van der Waals surface area contributed by atoms with Gasteiger partial charge in [0, 0.05) is 11.6 Å². The molecular weight excluding hydrogens is 330 g/mol. The summed E-state index contributed by atoms with van der Waals surface area (Å²) in [4.78, 5) is 0. The Kier molecular flexibility index (Phi) is 4.41. The fourth-order valence-corrected chi connectivity index (χ4v) is 2.09. The van der Waals surface area contributed by atoms with Crippen LogP contribution in [-0.2, 0) is 0 Å². The molecule has 100 valence electrons. The number of ether oxygens (including phenoxy) is 1. The summed E-state index contributed by atoms with van der Waals surface area (Å²) in [7, 11) is 0. The van der Waals surface area contributed by atoms with Gasteiger partial charge in [0.05, 0.1) is 15.1 Å². The molecular formula is C12H8Cl4N2O. The van der Waals surface area contributed by atoms with Crippen molar-refractivity contribution in [2.45, 2.75) is 13.8 Å². The Morgan fingerprint density at radius 1 is 0.842 bits per heavy atom. The lowest BCUT2D eigenvalue weighted by atomic mass is 10.2. The summed E-state index contributed by atoms with van der Waals surface area (Å²) >= 11 is 23.7. The normalized spacial score (nSPS) is 10.6. The SMILES string of the molecule is Cc1c(Cl)nnc(Oc2cc(Cl)c(Cl)cc2Cl)c1C. The Bertz CT molecular complexity index is 646. The molecule has 1 heterocycles. The van der Waals surface area contributed by atoms with Gasteiger partial charge in [0.2, 0.25) is 5.88 Å². The van der Waals surface area contributed by atoms with Gasteiger partial charge in [0.25, 0.3) is 0 Å².